The zero-order chi connectivity index (χ0) is 21.9. The van der Waals surface area contributed by atoms with Crippen LogP contribution in [0.1, 0.15) is 25.0 Å². The van der Waals surface area contributed by atoms with Gasteiger partial charge in [-0.05, 0) is 18.1 Å². The van der Waals surface area contributed by atoms with Gasteiger partial charge >= 0.3 is 0 Å². The van der Waals surface area contributed by atoms with E-state index in [0.717, 1.165) is 11.1 Å². The van der Waals surface area contributed by atoms with Gasteiger partial charge in [0.1, 0.15) is 11.3 Å². The minimum atomic E-state index is -1.24. The third-order valence-corrected chi connectivity index (χ3v) is 6.89. The number of imide groups is 1. The lowest BCUT2D eigenvalue weighted by atomic mass is 9.76. The van der Waals surface area contributed by atoms with Crippen LogP contribution < -0.4 is 15.4 Å². The van der Waals surface area contributed by atoms with E-state index in [1.165, 1.54) is 4.90 Å². The number of hydrogen-bond donors (Lipinski definition) is 2. The second kappa shape index (κ2) is 6.92. The van der Waals surface area contributed by atoms with Crippen LogP contribution >= 0.6 is 0 Å². The van der Waals surface area contributed by atoms with Gasteiger partial charge in [0.25, 0.3) is 0 Å². The summed E-state index contributed by atoms with van der Waals surface area (Å²) in [6.07, 6.45) is 0. The van der Waals surface area contributed by atoms with Crippen LogP contribution in [0.5, 0.6) is 5.75 Å². The molecule has 0 saturated carbocycles. The maximum atomic E-state index is 13.7. The van der Waals surface area contributed by atoms with Crippen molar-refractivity contribution in [2.75, 3.05) is 12.4 Å². The number of nitrogens with zero attached hydrogens (tertiary/aromatic N) is 1. The van der Waals surface area contributed by atoms with E-state index in [0.29, 0.717) is 11.4 Å². The van der Waals surface area contributed by atoms with Crippen LogP contribution in [-0.2, 0) is 26.5 Å². The predicted octanol–water partition coefficient (Wildman–Crippen LogP) is 2.27. The zero-order valence-corrected chi connectivity index (χ0v) is 17.7. The van der Waals surface area contributed by atoms with Crippen molar-refractivity contribution < 1.29 is 19.1 Å². The van der Waals surface area contributed by atoms with E-state index in [1.54, 1.807) is 7.11 Å². The number of para-hydroxylation sites is 2. The third-order valence-electron chi connectivity index (χ3n) is 6.89. The number of likely N-dealkylation sites (tertiary alicyclic amines) is 1. The molecule has 2 fully saturated rings. The molecule has 0 aliphatic carbocycles. The Kier molecular flexibility index (Phi) is 4.41. The molecule has 1 spiro atoms. The smallest absolute Gasteiger partial charge is 0.250 e. The van der Waals surface area contributed by atoms with Crippen molar-refractivity contribution in [3.63, 3.8) is 0 Å². The van der Waals surface area contributed by atoms with Crippen molar-refractivity contribution in [2.24, 2.45) is 17.8 Å². The summed E-state index contributed by atoms with van der Waals surface area (Å²) in [6, 6.07) is 14.5. The Morgan fingerprint density at radius 1 is 1.03 bits per heavy atom. The molecule has 7 heteroatoms. The van der Waals surface area contributed by atoms with Gasteiger partial charge in [-0.25, -0.2) is 0 Å². The van der Waals surface area contributed by atoms with Gasteiger partial charge in [-0.15, -0.1) is 0 Å². The molecule has 0 radical (unpaired) electrons. The van der Waals surface area contributed by atoms with Gasteiger partial charge in [-0.2, -0.15) is 0 Å². The maximum absolute atomic E-state index is 13.7. The van der Waals surface area contributed by atoms with Crippen molar-refractivity contribution in [1.29, 1.82) is 0 Å². The van der Waals surface area contributed by atoms with E-state index in [-0.39, 0.29) is 36.2 Å². The van der Waals surface area contributed by atoms with Crippen LogP contribution in [0.15, 0.2) is 48.5 Å². The molecular formula is C24H25N3O4. The highest BCUT2D eigenvalue weighted by Crippen LogP contribution is 2.54. The maximum Gasteiger partial charge on any atom is 0.250 e. The molecule has 31 heavy (non-hydrogen) atoms. The number of carbonyl (C=O) groups excluding carboxylic acids is 3. The first-order valence-corrected chi connectivity index (χ1v) is 10.6. The van der Waals surface area contributed by atoms with E-state index in [2.05, 4.69) is 10.6 Å². The highest BCUT2D eigenvalue weighted by atomic mass is 16.5. The van der Waals surface area contributed by atoms with Crippen LogP contribution in [0.4, 0.5) is 5.69 Å². The van der Waals surface area contributed by atoms with Crippen molar-refractivity contribution in [3.05, 3.63) is 59.7 Å². The van der Waals surface area contributed by atoms with Crippen LogP contribution in [0.2, 0.25) is 0 Å². The van der Waals surface area contributed by atoms with E-state index < -0.39 is 17.4 Å². The average molecular weight is 419 g/mol. The first kappa shape index (κ1) is 19.8. The molecule has 3 aliphatic heterocycles. The summed E-state index contributed by atoms with van der Waals surface area (Å²) in [5.74, 6) is -1.52. The number of hydrogen-bond acceptors (Lipinski definition) is 5. The Balaban J connectivity index is 1.60. The highest BCUT2D eigenvalue weighted by molar-refractivity contribution is 6.15. The van der Waals surface area contributed by atoms with Gasteiger partial charge in [-0.1, -0.05) is 50.2 Å². The first-order valence-electron chi connectivity index (χ1n) is 10.6. The molecule has 3 heterocycles. The summed E-state index contributed by atoms with van der Waals surface area (Å²) in [7, 11) is 1.56. The summed E-state index contributed by atoms with van der Waals surface area (Å²) in [6.45, 7) is 4.14. The number of benzene rings is 2. The van der Waals surface area contributed by atoms with Crippen LogP contribution in [0.3, 0.4) is 0 Å². The molecule has 4 atom stereocenters. The molecule has 7 nitrogen and oxygen atoms in total. The van der Waals surface area contributed by atoms with Gasteiger partial charge in [-0.3, -0.25) is 24.6 Å². The third kappa shape index (κ3) is 2.59. The number of nitrogens with one attached hydrogen (secondary N) is 2. The summed E-state index contributed by atoms with van der Waals surface area (Å²) >= 11 is 0. The van der Waals surface area contributed by atoms with Gasteiger partial charge in [0.2, 0.25) is 17.7 Å². The number of rotatable bonds is 4. The fourth-order valence-corrected chi connectivity index (χ4v) is 5.48. The van der Waals surface area contributed by atoms with Crippen LogP contribution in [0.25, 0.3) is 0 Å². The minimum absolute atomic E-state index is 0.0652. The van der Waals surface area contributed by atoms with E-state index >= 15 is 0 Å². The van der Waals surface area contributed by atoms with Crippen molar-refractivity contribution in [3.8, 4) is 5.75 Å². The highest BCUT2D eigenvalue weighted by Gasteiger charge is 2.70. The van der Waals surface area contributed by atoms with Crippen molar-refractivity contribution >= 4 is 23.4 Å². The first-order chi connectivity index (χ1) is 14.9. The molecule has 0 aromatic heterocycles. The molecule has 2 saturated heterocycles. The molecular weight excluding hydrogens is 394 g/mol. The molecule has 5 rings (SSSR count). The summed E-state index contributed by atoms with van der Waals surface area (Å²) in [5.41, 5.74) is 0.939. The second-order valence-electron chi connectivity index (χ2n) is 8.80. The zero-order valence-electron chi connectivity index (χ0n) is 17.7. The van der Waals surface area contributed by atoms with Crippen molar-refractivity contribution in [2.45, 2.75) is 32.0 Å². The number of amides is 3. The Labute approximate surface area is 180 Å². The van der Waals surface area contributed by atoms with Gasteiger partial charge in [0.05, 0.1) is 25.5 Å². The lowest BCUT2D eigenvalue weighted by Crippen LogP contribution is -2.53. The largest absolute Gasteiger partial charge is 0.496 e. The molecule has 2 aromatic carbocycles. The second-order valence-corrected chi connectivity index (χ2v) is 8.80. The standard InChI is InChI=1S/C24H25N3O4/c1-13(2)20-18-19(24(26-20)15-9-5-6-10-16(15)25-23(24)30)22(29)27(21(18)28)12-14-8-4-7-11-17(14)31-3/h4-11,13,18-20,26H,12H2,1-3H3,(H,25,30)/t18-,19+,20-,24+/m1/s1. The van der Waals surface area contributed by atoms with Gasteiger partial charge in [0.15, 0.2) is 0 Å². The Morgan fingerprint density at radius 2 is 1.74 bits per heavy atom. The lowest BCUT2D eigenvalue weighted by molar-refractivity contribution is -0.143. The number of methoxy groups -OCH3 is 1. The predicted molar refractivity (Wildman–Crippen MR) is 114 cm³/mol. The fraction of sp³-hybridized carbons (Fsp3) is 0.375. The average Bonchev–Trinajstić information content (AvgIpc) is 3.35. The van der Waals surface area contributed by atoms with Gasteiger partial charge < -0.3 is 10.1 Å². The van der Waals surface area contributed by atoms with E-state index in [9.17, 15) is 14.4 Å². The lowest BCUT2D eigenvalue weighted by Gasteiger charge is -2.30. The number of ether oxygens (including phenoxy) is 1. The van der Waals surface area contributed by atoms with Crippen molar-refractivity contribution in [1.82, 2.24) is 10.2 Å². The van der Waals surface area contributed by atoms with Gasteiger partial charge in [0, 0.05) is 22.9 Å². The molecule has 0 unspecified atom stereocenters. The van der Waals surface area contributed by atoms with Crippen LogP contribution in [-0.4, -0.2) is 35.8 Å². The van der Waals surface area contributed by atoms with Crippen LogP contribution in [0, 0.1) is 17.8 Å². The molecule has 2 N–H and O–H groups in total. The molecule has 0 bridgehead atoms. The molecule has 160 valence electrons. The number of fused-ring (bicyclic) bond motifs is 4. The summed E-state index contributed by atoms with van der Waals surface area (Å²) in [5, 5.41) is 6.35. The quantitative estimate of drug-likeness (QED) is 0.743. The summed E-state index contributed by atoms with van der Waals surface area (Å²) in [4.78, 5) is 41.9. The Bertz CT molecular complexity index is 1100. The normalized spacial score (nSPS) is 29.0. The monoisotopic (exact) mass is 419 g/mol. The summed E-state index contributed by atoms with van der Waals surface area (Å²) < 4.78 is 5.41. The molecule has 3 aliphatic rings. The minimum Gasteiger partial charge on any atom is -0.496 e. The number of carbonyl (C=O) groups is 3. The van der Waals surface area contributed by atoms with E-state index in [4.69, 9.17) is 4.74 Å². The molecule has 3 amide bonds. The Morgan fingerprint density at radius 3 is 2.48 bits per heavy atom. The molecule has 2 aromatic rings. The fourth-order valence-electron chi connectivity index (χ4n) is 5.48. The van der Waals surface area contributed by atoms with E-state index in [1.807, 2.05) is 62.4 Å². The number of anilines is 1. The Hall–Kier alpha value is -3.19. The topological polar surface area (TPSA) is 87.7 Å². The SMILES string of the molecule is COc1ccccc1CN1C(=O)[C@H]2[C@@H](C(C)C)N[C@]3(C(=O)Nc4ccccc43)[C@@H]2C1=O.